The number of pyridine rings is 1. The van der Waals surface area contributed by atoms with E-state index >= 15 is 0 Å². The van der Waals surface area contributed by atoms with E-state index in [1.54, 1.807) is 0 Å². The first-order valence-corrected chi connectivity index (χ1v) is 6.87. The van der Waals surface area contributed by atoms with Gasteiger partial charge in [-0.15, -0.1) is 0 Å². The van der Waals surface area contributed by atoms with Gasteiger partial charge in [0.25, 0.3) is 0 Å². The van der Waals surface area contributed by atoms with Gasteiger partial charge in [0.05, 0.1) is 12.3 Å². The van der Waals surface area contributed by atoms with Crippen LogP contribution in [0.1, 0.15) is 36.2 Å². The molecular formula is C15H21N3O. The second-order valence-electron chi connectivity index (χ2n) is 5.33. The predicted molar refractivity (Wildman–Crippen MR) is 73.8 cm³/mol. The molecule has 0 saturated heterocycles. The number of nitrogens with two attached hydrogens (primary N) is 1. The molecule has 2 N–H and O–H groups in total. The summed E-state index contributed by atoms with van der Waals surface area (Å²) in [6.45, 7) is 5.14. The third-order valence-corrected chi connectivity index (χ3v) is 3.98. The Labute approximate surface area is 114 Å². The molecule has 19 heavy (non-hydrogen) atoms. The molecule has 0 bridgehead atoms. The number of aryl methyl sites for hydroxylation is 2. The van der Waals surface area contributed by atoms with Gasteiger partial charge in [-0.1, -0.05) is 6.42 Å². The van der Waals surface area contributed by atoms with Gasteiger partial charge in [-0.05, 0) is 45.1 Å². The molecule has 1 aliphatic carbocycles. The van der Waals surface area contributed by atoms with Crippen LogP contribution in [0.5, 0.6) is 5.75 Å². The lowest BCUT2D eigenvalue weighted by Gasteiger charge is -2.19. The number of nitriles is 1. The zero-order valence-corrected chi connectivity index (χ0v) is 11.6. The molecule has 1 fully saturated rings. The van der Waals surface area contributed by atoms with Crippen molar-refractivity contribution in [1.29, 1.82) is 5.26 Å². The minimum Gasteiger partial charge on any atom is -0.492 e. The standard InChI is InChI=1S/C15H21N3O/c1-10-6-15(14(8-17)11(2)18-10)19-9-13-5-3-4-12(13)7-16/h6,12-13H,3-5,7,9,16H2,1-2H3. The third-order valence-electron chi connectivity index (χ3n) is 3.98. The fourth-order valence-corrected chi connectivity index (χ4v) is 2.88. The first-order chi connectivity index (χ1) is 9.15. The van der Waals surface area contributed by atoms with Crippen LogP contribution in [0.4, 0.5) is 0 Å². The zero-order chi connectivity index (χ0) is 13.8. The molecule has 2 unspecified atom stereocenters. The highest BCUT2D eigenvalue weighted by atomic mass is 16.5. The minimum absolute atomic E-state index is 0.519. The van der Waals surface area contributed by atoms with Crippen LogP contribution in [0, 0.1) is 37.0 Å². The van der Waals surface area contributed by atoms with Gasteiger partial charge < -0.3 is 10.5 Å². The number of aromatic nitrogens is 1. The molecule has 1 aromatic rings. The summed E-state index contributed by atoms with van der Waals surface area (Å²) in [7, 11) is 0. The highest BCUT2D eigenvalue weighted by Gasteiger charge is 2.26. The molecule has 0 radical (unpaired) electrons. The monoisotopic (exact) mass is 259 g/mol. The van der Waals surface area contributed by atoms with Crippen LogP contribution < -0.4 is 10.5 Å². The maximum Gasteiger partial charge on any atom is 0.140 e. The average Bonchev–Trinajstić information content (AvgIpc) is 2.83. The highest BCUT2D eigenvalue weighted by Crippen LogP contribution is 2.32. The van der Waals surface area contributed by atoms with E-state index in [1.165, 1.54) is 19.3 Å². The molecule has 0 aromatic carbocycles. The Kier molecular flexibility index (Phi) is 4.39. The van der Waals surface area contributed by atoms with Crippen molar-refractivity contribution in [2.75, 3.05) is 13.2 Å². The van der Waals surface area contributed by atoms with Crippen LogP contribution in [0.25, 0.3) is 0 Å². The third kappa shape index (κ3) is 3.05. The van der Waals surface area contributed by atoms with E-state index in [4.69, 9.17) is 10.5 Å². The second-order valence-corrected chi connectivity index (χ2v) is 5.33. The molecule has 0 aliphatic heterocycles. The SMILES string of the molecule is Cc1cc(OCC2CCCC2CN)c(C#N)c(C)n1. The number of hydrogen-bond acceptors (Lipinski definition) is 4. The van der Waals surface area contributed by atoms with Crippen molar-refractivity contribution in [3.05, 3.63) is 23.0 Å². The fourth-order valence-electron chi connectivity index (χ4n) is 2.88. The molecule has 0 amide bonds. The maximum atomic E-state index is 9.19. The van der Waals surface area contributed by atoms with E-state index in [2.05, 4.69) is 11.1 Å². The molecule has 1 heterocycles. The number of nitrogens with zero attached hydrogens (tertiary/aromatic N) is 2. The Morgan fingerprint density at radius 3 is 2.84 bits per heavy atom. The van der Waals surface area contributed by atoms with Gasteiger partial charge in [0, 0.05) is 11.8 Å². The van der Waals surface area contributed by atoms with E-state index in [1.807, 2.05) is 19.9 Å². The highest BCUT2D eigenvalue weighted by molar-refractivity contribution is 5.46. The molecule has 1 aromatic heterocycles. The van der Waals surface area contributed by atoms with Crippen molar-refractivity contribution in [1.82, 2.24) is 4.98 Å². The van der Waals surface area contributed by atoms with Gasteiger partial charge in [-0.3, -0.25) is 4.98 Å². The predicted octanol–water partition coefficient (Wildman–Crippen LogP) is 2.32. The summed E-state index contributed by atoms with van der Waals surface area (Å²) in [5, 5.41) is 9.19. The van der Waals surface area contributed by atoms with E-state index in [-0.39, 0.29) is 0 Å². The summed E-state index contributed by atoms with van der Waals surface area (Å²) in [4.78, 5) is 4.29. The van der Waals surface area contributed by atoms with Crippen molar-refractivity contribution >= 4 is 0 Å². The normalized spacial score (nSPS) is 22.2. The largest absolute Gasteiger partial charge is 0.492 e. The lowest BCUT2D eigenvalue weighted by Crippen LogP contribution is -2.23. The van der Waals surface area contributed by atoms with Crippen molar-refractivity contribution in [3.63, 3.8) is 0 Å². The fraction of sp³-hybridized carbons (Fsp3) is 0.600. The Morgan fingerprint density at radius 1 is 1.42 bits per heavy atom. The first-order valence-electron chi connectivity index (χ1n) is 6.87. The summed E-state index contributed by atoms with van der Waals surface area (Å²) in [6, 6.07) is 4.02. The number of rotatable bonds is 4. The molecule has 1 saturated carbocycles. The molecule has 4 nitrogen and oxygen atoms in total. The molecule has 1 aliphatic rings. The van der Waals surface area contributed by atoms with E-state index in [9.17, 15) is 5.26 Å². The Morgan fingerprint density at radius 2 is 2.16 bits per heavy atom. The van der Waals surface area contributed by atoms with Gasteiger partial charge >= 0.3 is 0 Å². The molecular weight excluding hydrogens is 238 g/mol. The zero-order valence-electron chi connectivity index (χ0n) is 11.6. The van der Waals surface area contributed by atoms with Crippen molar-refractivity contribution in [2.24, 2.45) is 17.6 Å². The van der Waals surface area contributed by atoms with E-state index in [0.717, 1.165) is 17.9 Å². The number of hydrogen-bond donors (Lipinski definition) is 1. The maximum absolute atomic E-state index is 9.19. The molecule has 2 rings (SSSR count). The number of ether oxygens (including phenoxy) is 1. The topological polar surface area (TPSA) is 71.9 Å². The Hall–Kier alpha value is -1.60. The van der Waals surface area contributed by atoms with Gasteiger partial charge in [0.2, 0.25) is 0 Å². The summed E-state index contributed by atoms with van der Waals surface area (Å²) in [5.41, 5.74) is 7.95. The second kappa shape index (κ2) is 6.03. The molecule has 2 atom stereocenters. The Bertz CT molecular complexity index is 493. The summed E-state index contributed by atoms with van der Waals surface area (Å²) >= 11 is 0. The van der Waals surface area contributed by atoms with Crippen molar-refractivity contribution in [2.45, 2.75) is 33.1 Å². The van der Waals surface area contributed by atoms with Crippen molar-refractivity contribution in [3.8, 4) is 11.8 Å². The van der Waals surface area contributed by atoms with Crippen LogP contribution in [0.3, 0.4) is 0 Å². The van der Waals surface area contributed by atoms with Crippen LogP contribution in [-0.4, -0.2) is 18.1 Å². The van der Waals surface area contributed by atoms with Crippen molar-refractivity contribution < 1.29 is 4.74 Å². The van der Waals surface area contributed by atoms with Gasteiger partial charge in [0.15, 0.2) is 0 Å². The van der Waals surface area contributed by atoms with E-state index in [0.29, 0.717) is 29.8 Å². The Balaban J connectivity index is 2.09. The van der Waals surface area contributed by atoms with Crippen LogP contribution in [0.2, 0.25) is 0 Å². The van der Waals surface area contributed by atoms with Crippen LogP contribution in [-0.2, 0) is 0 Å². The smallest absolute Gasteiger partial charge is 0.140 e. The average molecular weight is 259 g/mol. The quantitative estimate of drug-likeness (QED) is 0.900. The summed E-state index contributed by atoms with van der Waals surface area (Å²) in [6.07, 6.45) is 3.60. The summed E-state index contributed by atoms with van der Waals surface area (Å²) < 4.78 is 5.89. The van der Waals surface area contributed by atoms with Gasteiger partial charge in [-0.2, -0.15) is 5.26 Å². The van der Waals surface area contributed by atoms with Crippen LogP contribution in [0.15, 0.2) is 6.07 Å². The lowest BCUT2D eigenvalue weighted by atomic mass is 9.97. The lowest BCUT2D eigenvalue weighted by molar-refractivity contribution is 0.216. The minimum atomic E-state index is 0.519. The van der Waals surface area contributed by atoms with Crippen LogP contribution >= 0.6 is 0 Å². The van der Waals surface area contributed by atoms with E-state index < -0.39 is 0 Å². The molecule has 0 spiro atoms. The first kappa shape index (κ1) is 13.8. The van der Waals surface area contributed by atoms with Gasteiger partial charge in [-0.25, -0.2) is 0 Å². The summed E-state index contributed by atoms with van der Waals surface area (Å²) in [5.74, 6) is 1.75. The molecule has 4 heteroatoms. The molecule has 102 valence electrons. The van der Waals surface area contributed by atoms with Gasteiger partial charge in [0.1, 0.15) is 17.4 Å².